The lowest BCUT2D eigenvalue weighted by Crippen LogP contribution is -2.47. The zero-order chi connectivity index (χ0) is 20.9. The van der Waals surface area contributed by atoms with Gasteiger partial charge in [0, 0.05) is 37.3 Å². The van der Waals surface area contributed by atoms with Gasteiger partial charge in [0.2, 0.25) is 5.28 Å². The Kier molecular flexibility index (Phi) is 5.10. The van der Waals surface area contributed by atoms with Crippen LogP contribution < -0.4 is 9.80 Å². The van der Waals surface area contributed by atoms with Gasteiger partial charge in [-0.3, -0.25) is 0 Å². The van der Waals surface area contributed by atoms with Crippen LogP contribution in [0.15, 0.2) is 24.4 Å². The van der Waals surface area contributed by atoms with Crippen LogP contribution in [0.3, 0.4) is 0 Å². The monoisotopic (exact) mass is 441 g/mol. The van der Waals surface area contributed by atoms with E-state index >= 15 is 0 Å². The smallest absolute Gasteiger partial charge is 0.225 e. The van der Waals surface area contributed by atoms with Crippen LogP contribution >= 0.6 is 22.9 Å². The Hall–Kier alpha value is -1.92. The fourth-order valence-electron chi connectivity index (χ4n) is 4.79. The lowest BCUT2D eigenvalue weighted by atomic mass is 9.72. The summed E-state index contributed by atoms with van der Waals surface area (Å²) in [4.78, 5) is 21.1. The number of piperazine rings is 1. The van der Waals surface area contributed by atoms with Crippen molar-refractivity contribution in [3.63, 3.8) is 0 Å². The Morgan fingerprint density at radius 2 is 1.83 bits per heavy atom. The Labute approximate surface area is 187 Å². The lowest BCUT2D eigenvalue weighted by Gasteiger charge is -2.36. The molecule has 1 unspecified atom stereocenters. The van der Waals surface area contributed by atoms with Crippen LogP contribution in [0, 0.1) is 11.3 Å². The highest BCUT2D eigenvalue weighted by Crippen LogP contribution is 2.45. The van der Waals surface area contributed by atoms with Gasteiger partial charge in [-0.15, -0.1) is 11.3 Å². The van der Waals surface area contributed by atoms with Gasteiger partial charge >= 0.3 is 0 Å². The summed E-state index contributed by atoms with van der Waals surface area (Å²) in [5.74, 6) is 2.79. The van der Waals surface area contributed by atoms with Gasteiger partial charge < -0.3 is 9.80 Å². The molecule has 1 atom stereocenters. The lowest BCUT2D eigenvalue weighted by molar-refractivity contribution is 0.218. The standard InChI is InChI=1S/C23H28ClN5S/c1-23(2,3)15-7-8-16-17(14-15)30-21-19(16)20(26-22(24)27-21)29-12-10-28(11-13-29)18-6-4-5-9-25-18/h4-6,9,15H,7-8,10-14H2,1-3H3. The molecule has 4 heterocycles. The van der Waals surface area contributed by atoms with Crippen LogP contribution in [0.5, 0.6) is 0 Å². The summed E-state index contributed by atoms with van der Waals surface area (Å²) in [6, 6.07) is 6.09. The van der Waals surface area contributed by atoms with Gasteiger partial charge in [0.05, 0.1) is 5.39 Å². The minimum Gasteiger partial charge on any atom is -0.353 e. The topological polar surface area (TPSA) is 45.2 Å². The van der Waals surface area contributed by atoms with Crippen LogP contribution in [0.2, 0.25) is 5.28 Å². The molecule has 3 aromatic rings. The van der Waals surface area contributed by atoms with E-state index in [2.05, 4.69) is 46.6 Å². The molecule has 5 rings (SSSR count). The fraction of sp³-hybridized carbons (Fsp3) is 0.522. The normalized spacial score (nSPS) is 19.9. The molecule has 30 heavy (non-hydrogen) atoms. The second-order valence-electron chi connectivity index (χ2n) is 9.47. The minimum atomic E-state index is 0.335. The number of hydrogen-bond acceptors (Lipinski definition) is 6. The van der Waals surface area contributed by atoms with E-state index in [1.807, 2.05) is 29.7 Å². The zero-order valence-electron chi connectivity index (χ0n) is 17.9. The van der Waals surface area contributed by atoms with E-state index in [4.69, 9.17) is 16.6 Å². The first-order valence-corrected chi connectivity index (χ1v) is 12.0. The third-order valence-electron chi connectivity index (χ3n) is 6.64. The molecule has 0 saturated carbocycles. The first kappa shape index (κ1) is 20.0. The summed E-state index contributed by atoms with van der Waals surface area (Å²) in [5.41, 5.74) is 1.80. The molecular formula is C23H28ClN5S. The number of fused-ring (bicyclic) bond motifs is 3. The van der Waals surface area contributed by atoms with Gasteiger partial charge in [0.25, 0.3) is 0 Å². The number of halogens is 1. The summed E-state index contributed by atoms with van der Waals surface area (Å²) >= 11 is 8.20. The van der Waals surface area contributed by atoms with Gasteiger partial charge in [0.1, 0.15) is 16.5 Å². The molecule has 1 fully saturated rings. The number of aromatic nitrogens is 3. The van der Waals surface area contributed by atoms with Crippen molar-refractivity contribution < 1.29 is 0 Å². The maximum absolute atomic E-state index is 6.37. The van der Waals surface area contributed by atoms with Crippen LogP contribution in [0.4, 0.5) is 11.6 Å². The molecular weight excluding hydrogens is 414 g/mol. The van der Waals surface area contributed by atoms with E-state index in [0.29, 0.717) is 16.6 Å². The molecule has 0 amide bonds. The summed E-state index contributed by atoms with van der Waals surface area (Å²) in [6.07, 6.45) is 5.35. The van der Waals surface area contributed by atoms with E-state index in [0.717, 1.165) is 55.5 Å². The molecule has 1 aliphatic heterocycles. The Balaban J connectivity index is 1.45. The van der Waals surface area contributed by atoms with Gasteiger partial charge in [-0.25, -0.2) is 9.97 Å². The molecule has 0 aromatic carbocycles. The van der Waals surface area contributed by atoms with Crippen molar-refractivity contribution in [2.45, 2.75) is 40.0 Å². The van der Waals surface area contributed by atoms with Crippen molar-refractivity contribution in [1.82, 2.24) is 15.0 Å². The summed E-state index contributed by atoms with van der Waals surface area (Å²) < 4.78 is 0. The second kappa shape index (κ2) is 7.65. The number of pyridine rings is 1. The molecule has 2 aliphatic rings. The van der Waals surface area contributed by atoms with E-state index in [-0.39, 0.29) is 0 Å². The van der Waals surface area contributed by atoms with Crippen LogP contribution in [0.1, 0.15) is 37.6 Å². The van der Waals surface area contributed by atoms with Crippen LogP contribution in [-0.2, 0) is 12.8 Å². The summed E-state index contributed by atoms with van der Waals surface area (Å²) in [6.45, 7) is 10.8. The molecule has 0 N–H and O–H groups in total. The number of thiophene rings is 1. The van der Waals surface area contributed by atoms with Crippen molar-refractivity contribution >= 4 is 44.8 Å². The molecule has 0 radical (unpaired) electrons. The zero-order valence-corrected chi connectivity index (χ0v) is 19.4. The molecule has 0 spiro atoms. The Morgan fingerprint density at radius 3 is 2.53 bits per heavy atom. The third kappa shape index (κ3) is 3.65. The van der Waals surface area contributed by atoms with Gasteiger partial charge in [-0.1, -0.05) is 26.8 Å². The average molecular weight is 442 g/mol. The van der Waals surface area contributed by atoms with E-state index in [9.17, 15) is 0 Å². The molecule has 1 aliphatic carbocycles. The van der Waals surface area contributed by atoms with Crippen molar-refractivity contribution in [2.24, 2.45) is 11.3 Å². The Bertz CT molecular complexity index is 1050. The number of anilines is 2. The predicted molar refractivity (Wildman–Crippen MR) is 126 cm³/mol. The fourth-order valence-corrected chi connectivity index (χ4v) is 6.30. The van der Waals surface area contributed by atoms with Gasteiger partial charge in [-0.05, 0) is 59.9 Å². The quantitative estimate of drug-likeness (QED) is 0.510. The highest BCUT2D eigenvalue weighted by atomic mass is 35.5. The highest BCUT2D eigenvalue weighted by Gasteiger charge is 2.33. The summed E-state index contributed by atoms with van der Waals surface area (Å²) in [7, 11) is 0. The molecule has 1 saturated heterocycles. The highest BCUT2D eigenvalue weighted by molar-refractivity contribution is 7.19. The largest absolute Gasteiger partial charge is 0.353 e. The first-order chi connectivity index (χ1) is 14.4. The molecule has 5 nitrogen and oxygen atoms in total. The van der Waals surface area contributed by atoms with Crippen molar-refractivity contribution in [2.75, 3.05) is 36.0 Å². The van der Waals surface area contributed by atoms with Crippen LogP contribution in [0.25, 0.3) is 10.2 Å². The average Bonchev–Trinajstić information content (AvgIpc) is 3.10. The summed E-state index contributed by atoms with van der Waals surface area (Å²) in [5, 5.41) is 1.61. The SMILES string of the molecule is CC(C)(C)C1CCc2c(sc3nc(Cl)nc(N4CCN(c5ccccn5)CC4)c23)C1. The molecule has 3 aromatic heterocycles. The van der Waals surface area contributed by atoms with Crippen molar-refractivity contribution in [3.8, 4) is 0 Å². The maximum Gasteiger partial charge on any atom is 0.225 e. The van der Waals surface area contributed by atoms with E-state index < -0.39 is 0 Å². The van der Waals surface area contributed by atoms with E-state index in [1.165, 1.54) is 22.2 Å². The number of rotatable bonds is 2. The van der Waals surface area contributed by atoms with Gasteiger partial charge in [0.15, 0.2) is 0 Å². The van der Waals surface area contributed by atoms with Gasteiger partial charge in [-0.2, -0.15) is 4.98 Å². The van der Waals surface area contributed by atoms with Crippen molar-refractivity contribution in [3.05, 3.63) is 40.1 Å². The molecule has 158 valence electrons. The Morgan fingerprint density at radius 1 is 1.07 bits per heavy atom. The predicted octanol–water partition coefficient (Wildman–Crippen LogP) is 5.22. The second-order valence-corrected chi connectivity index (χ2v) is 10.9. The van der Waals surface area contributed by atoms with Crippen LogP contribution in [-0.4, -0.2) is 41.1 Å². The first-order valence-electron chi connectivity index (χ1n) is 10.8. The number of aryl methyl sites for hydroxylation is 1. The van der Waals surface area contributed by atoms with Crippen molar-refractivity contribution in [1.29, 1.82) is 0 Å². The molecule has 7 heteroatoms. The van der Waals surface area contributed by atoms with E-state index in [1.54, 1.807) is 0 Å². The third-order valence-corrected chi connectivity index (χ3v) is 7.96. The minimum absolute atomic E-state index is 0.335. The number of nitrogens with zero attached hydrogens (tertiary/aromatic N) is 5. The number of hydrogen-bond donors (Lipinski definition) is 0. The maximum atomic E-state index is 6.37. The molecule has 0 bridgehead atoms.